The van der Waals surface area contributed by atoms with Gasteiger partial charge in [-0.1, -0.05) is 24.3 Å². The second-order valence-corrected chi connectivity index (χ2v) is 5.63. The fraction of sp³-hybridized carbons (Fsp3) is 0.0476. The lowest BCUT2D eigenvalue weighted by atomic mass is 10.1. The van der Waals surface area contributed by atoms with Crippen LogP contribution in [0.25, 0.3) is 6.08 Å². The third-order valence-electron chi connectivity index (χ3n) is 3.73. The highest BCUT2D eigenvalue weighted by Gasteiger charge is 2.23. The summed E-state index contributed by atoms with van der Waals surface area (Å²) in [4.78, 5) is 22.7. The van der Waals surface area contributed by atoms with E-state index < -0.39 is 12.5 Å². The molecule has 0 aliphatic carbocycles. The minimum absolute atomic E-state index is 0.0226. The summed E-state index contributed by atoms with van der Waals surface area (Å²) in [5.41, 5.74) is 0.294. The van der Waals surface area contributed by atoms with Crippen LogP contribution in [0, 0.1) is 11.3 Å². The highest BCUT2D eigenvalue weighted by Crippen LogP contribution is 2.24. The first-order chi connectivity index (χ1) is 14.1. The molecule has 3 aromatic rings. The van der Waals surface area contributed by atoms with Crippen LogP contribution in [0.1, 0.15) is 5.56 Å². The molecule has 0 spiro atoms. The number of carbonyl (C=O) groups excluding carboxylic acids is 1. The van der Waals surface area contributed by atoms with Crippen LogP contribution in [-0.4, -0.2) is 22.5 Å². The Labute approximate surface area is 165 Å². The molecule has 144 valence electrons. The summed E-state index contributed by atoms with van der Waals surface area (Å²) >= 11 is 0. The zero-order chi connectivity index (χ0) is 20.6. The molecule has 2 aromatic heterocycles. The van der Waals surface area contributed by atoms with Gasteiger partial charge < -0.3 is 4.74 Å². The second-order valence-electron chi connectivity index (χ2n) is 5.63. The molecule has 1 amide bonds. The largest absolute Gasteiger partial charge is 0.435 e. The first-order valence-corrected chi connectivity index (χ1v) is 8.41. The van der Waals surface area contributed by atoms with E-state index in [9.17, 15) is 18.8 Å². The normalized spacial score (nSPS) is 11.0. The van der Waals surface area contributed by atoms with E-state index in [0.717, 1.165) is 0 Å². The van der Waals surface area contributed by atoms with Crippen molar-refractivity contribution in [2.45, 2.75) is 6.61 Å². The SMILES string of the molecule is N#C/C(=C\c1ccc(OC(F)F)cc1)C(=O)N(c1ccccn1)c1ccccn1. The second kappa shape index (κ2) is 9.19. The molecule has 0 atom stereocenters. The van der Waals surface area contributed by atoms with Crippen LogP contribution >= 0.6 is 0 Å². The zero-order valence-corrected chi connectivity index (χ0v) is 14.9. The van der Waals surface area contributed by atoms with Crippen molar-refractivity contribution in [3.05, 3.63) is 84.2 Å². The molecule has 0 aliphatic rings. The number of carbonyl (C=O) groups is 1. The highest BCUT2D eigenvalue weighted by atomic mass is 19.3. The standard InChI is InChI=1S/C21H14F2N4O2/c22-21(23)29-17-9-7-15(8-10-17)13-16(14-24)20(28)27(18-5-1-3-11-25-18)19-6-2-4-12-26-19/h1-13,21H/b16-13+. The predicted molar refractivity (Wildman–Crippen MR) is 102 cm³/mol. The molecule has 3 rings (SSSR count). The Balaban J connectivity index is 1.95. The monoisotopic (exact) mass is 392 g/mol. The van der Waals surface area contributed by atoms with Gasteiger partial charge in [-0.2, -0.15) is 14.0 Å². The number of halogens is 2. The molecule has 0 aliphatic heterocycles. The first-order valence-electron chi connectivity index (χ1n) is 8.41. The summed E-state index contributed by atoms with van der Waals surface area (Å²) in [7, 11) is 0. The van der Waals surface area contributed by atoms with E-state index in [1.807, 2.05) is 6.07 Å². The van der Waals surface area contributed by atoms with Gasteiger partial charge in [-0.05, 0) is 48.0 Å². The number of ether oxygens (including phenoxy) is 1. The van der Waals surface area contributed by atoms with Crippen LogP contribution < -0.4 is 9.64 Å². The highest BCUT2D eigenvalue weighted by molar-refractivity contribution is 6.14. The molecule has 2 heterocycles. The molecule has 0 radical (unpaired) electrons. The maximum atomic E-state index is 13.1. The third-order valence-corrected chi connectivity index (χ3v) is 3.73. The molecule has 6 nitrogen and oxygen atoms in total. The quantitative estimate of drug-likeness (QED) is 0.460. The topological polar surface area (TPSA) is 79.1 Å². The number of anilines is 2. The Morgan fingerprint density at radius 2 is 1.59 bits per heavy atom. The number of rotatable bonds is 6. The molecule has 0 N–H and O–H groups in total. The maximum absolute atomic E-state index is 13.1. The Hall–Kier alpha value is -4.12. The van der Waals surface area contributed by atoms with Crippen LogP contribution in [0.5, 0.6) is 5.75 Å². The van der Waals surface area contributed by atoms with Gasteiger partial charge in [0, 0.05) is 12.4 Å². The maximum Gasteiger partial charge on any atom is 0.387 e. The van der Waals surface area contributed by atoms with Crippen LogP contribution in [-0.2, 0) is 4.79 Å². The lowest BCUT2D eigenvalue weighted by Gasteiger charge is -2.20. The minimum Gasteiger partial charge on any atom is -0.435 e. The smallest absolute Gasteiger partial charge is 0.387 e. The van der Waals surface area contributed by atoms with Crippen molar-refractivity contribution < 1.29 is 18.3 Å². The molecule has 0 unspecified atom stereocenters. The number of hydrogen-bond acceptors (Lipinski definition) is 5. The van der Waals surface area contributed by atoms with Gasteiger partial charge in [0.1, 0.15) is 29.0 Å². The lowest BCUT2D eigenvalue weighted by molar-refractivity contribution is -0.114. The average Bonchev–Trinajstić information content (AvgIpc) is 2.74. The van der Waals surface area contributed by atoms with Gasteiger partial charge in [0.2, 0.25) is 0 Å². The number of benzene rings is 1. The third kappa shape index (κ3) is 4.99. The zero-order valence-electron chi connectivity index (χ0n) is 14.9. The number of hydrogen-bond donors (Lipinski definition) is 0. The van der Waals surface area contributed by atoms with Crippen molar-refractivity contribution in [3.63, 3.8) is 0 Å². The number of amides is 1. The Bertz CT molecular complexity index is 994. The van der Waals surface area contributed by atoms with E-state index in [0.29, 0.717) is 17.2 Å². The van der Waals surface area contributed by atoms with Crippen molar-refractivity contribution in [2.75, 3.05) is 4.90 Å². The van der Waals surface area contributed by atoms with E-state index in [1.54, 1.807) is 36.4 Å². The van der Waals surface area contributed by atoms with Gasteiger partial charge in [-0.25, -0.2) is 14.9 Å². The number of alkyl halides is 2. The Morgan fingerprint density at radius 3 is 2.03 bits per heavy atom. The summed E-state index contributed by atoms with van der Waals surface area (Å²) in [5, 5.41) is 9.54. The van der Waals surface area contributed by atoms with Crippen molar-refractivity contribution >= 4 is 23.6 Å². The van der Waals surface area contributed by atoms with Gasteiger partial charge in [0.25, 0.3) is 5.91 Å². The molecule has 0 fully saturated rings. The Morgan fingerprint density at radius 1 is 1.00 bits per heavy atom. The van der Waals surface area contributed by atoms with Crippen molar-refractivity contribution in [1.29, 1.82) is 5.26 Å². The van der Waals surface area contributed by atoms with Gasteiger partial charge in [0.05, 0.1) is 0 Å². The summed E-state index contributed by atoms with van der Waals surface area (Å²) in [6.07, 6.45) is 4.40. The number of pyridine rings is 2. The van der Waals surface area contributed by atoms with Crippen LogP contribution in [0.4, 0.5) is 20.4 Å². The fourth-order valence-electron chi connectivity index (χ4n) is 2.47. The molecule has 29 heavy (non-hydrogen) atoms. The molecular weight excluding hydrogens is 378 g/mol. The van der Waals surface area contributed by atoms with Gasteiger partial charge in [0.15, 0.2) is 0 Å². The van der Waals surface area contributed by atoms with E-state index in [4.69, 9.17) is 0 Å². The van der Waals surface area contributed by atoms with E-state index in [-0.39, 0.29) is 11.3 Å². The van der Waals surface area contributed by atoms with Gasteiger partial charge >= 0.3 is 6.61 Å². The predicted octanol–water partition coefficient (Wildman–Crippen LogP) is 4.35. The molecular formula is C21H14F2N4O2. The average molecular weight is 392 g/mol. The van der Waals surface area contributed by atoms with Crippen LogP contribution in [0.2, 0.25) is 0 Å². The number of nitriles is 1. The van der Waals surface area contributed by atoms with E-state index >= 15 is 0 Å². The molecule has 0 saturated heterocycles. The van der Waals surface area contributed by atoms with E-state index in [1.165, 1.54) is 47.6 Å². The summed E-state index contributed by atoms with van der Waals surface area (Å²) in [5.74, 6) is -0.0422. The molecule has 0 bridgehead atoms. The molecule has 0 saturated carbocycles. The summed E-state index contributed by atoms with van der Waals surface area (Å²) in [6, 6.07) is 17.5. The van der Waals surface area contributed by atoms with Gasteiger partial charge in [-0.15, -0.1) is 0 Å². The minimum atomic E-state index is -2.93. The molecule has 8 heteroatoms. The van der Waals surface area contributed by atoms with Crippen molar-refractivity contribution in [1.82, 2.24) is 9.97 Å². The van der Waals surface area contributed by atoms with Gasteiger partial charge in [-0.3, -0.25) is 4.79 Å². The van der Waals surface area contributed by atoms with Crippen molar-refractivity contribution in [2.24, 2.45) is 0 Å². The van der Waals surface area contributed by atoms with Crippen LogP contribution in [0.15, 0.2) is 78.6 Å². The number of nitrogens with zero attached hydrogens (tertiary/aromatic N) is 4. The van der Waals surface area contributed by atoms with Crippen LogP contribution in [0.3, 0.4) is 0 Å². The Kier molecular flexibility index (Phi) is 6.22. The summed E-state index contributed by atoms with van der Waals surface area (Å²) in [6.45, 7) is -2.93. The molecule has 1 aromatic carbocycles. The fourth-order valence-corrected chi connectivity index (χ4v) is 2.47. The van der Waals surface area contributed by atoms with Crippen molar-refractivity contribution in [3.8, 4) is 11.8 Å². The summed E-state index contributed by atoms with van der Waals surface area (Å²) < 4.78 is 28.8. The number of aromatic nitrogens is 2. The first kappa shape index (κ1) is 19.6. The lowest BCUT2D eigenvalue weighted by Crippen LogP contribution is -2.28. The van der Waals surface area contributed by atoms with E-state index in [2.05, 4.69) is 14.7 Å².